The number of hydrogen-bond acceptors (Lipinski definition) is 10. The van der Waals surface area contributed by atoms with Crippen LogP contribution in [-0.2, 0) is 43.2 Å². The van der Waals surface area contributed by atoms with Crippen LogP contribution < -0.4 is 49.9 Å². The third-order valence-electron chi connectivity index (χ3n) is 4.34. The Hall–Kier alpha value is -4.81. The van der Waals surface area contributed by atoms with Gasteiger partial charge in [-0.15, -0.1) is 0 Å². The molecule has 206 valence electrons. The van der Waals surface area contributed by atoms with Crippen molar-refractivity contribution in [3.05, 3.63) is 0 Å². The number of rotatable bonds is 17. The first-order valence-corrected chi connectivity index (χ1v) is 10.3. The molecule has 19 nitrogen and oxygen atoms in total. The highest BCUT2D eigenvalue weighted by Gasteiger charge is 2.33. The summed E-state index contributed by atoms with van der Waals surface area (Å²) < 4.78 is 0. The molecule has 4 atom stereocenters. The van der Waals surface area contributed by atoms with Crippen molar-refractivity contribution in [2.75, 3.05) is 6.54 Å². The Morgan fingerprint density at radius 1 is 0.514 bits per heavy atom. The number of carbonyl (C=O) groups is 9. The Balaban J connectivity index is 5.82. The quantitative estimate of drug-likeness (QED) is 0.0839. The summed E-state index contributed by atoms with van der Waals surface area (Å²) in [5, 5.41) is 17.2. The van der Waals surface area contributed by atoms with Gasteiger partial charge < -0.3 is 55.0 Å². The summed E-state index contributed by atoms with van der Waals surface area (Å²) in [5.74, 6) is -10.6. The monoisotopic (exact) mass is 531 g/mol. The van der Waals surface area contributed by atoms with Crippen molar-refractivity contribution >= 4 is 53.2 Å². The third kappa shape index (κ3) is 13.0. The Bertz CT molecular complexity index is 954. The van der Waals surface area contributed by atoms with Gasteiger partial charge in [-0.3, -0.25) is 38.4 Å². The normalized spacial score (nSPS) is 13.5. The molecule has 0 aromatic rings. The molecule has 0 fully saturated rings. The molecule has 0 bridgehead atoms. The molecule has 0 spiro atoms. The second-order valence-electron chi connectivity index (χ2n) is 7.53. The van der Waals surface area contributed by atoms with Crippen LogP contribution in [0.25, 0.3) is 0 Å². The van der Waals surface area contributed by atoms with Gasteiger partial charge in [0.25, 0.3) is 0 Å². The van der Waals surface area contributed by atoms with Crippen molar-refractivity contribution in [3.63, 3.8) is 0 Å². The molecule has 0 aromatic heterocycles. The first-order chi connectivity index (χ1) is 17.1. The highest BCUT2D eigenvalue weighted by Crippen LogP contribution is 2.02. The van der Waals surface area contributed by atoms with Gasteiger partial charge in [-0.1, -0.05) is 0 Å². The molecule has 0 heterocycles. The van der Waals surface area contributed by atoms with Gasteiger partial charge in [0.1, 0.15) is 24.2 Å². The zero-order valence-corrected chi connectivity index (χ0v) is 19.4. The average Bonchev–Trinajstić information content (AvgIpc) is 2.75. The van der Waals surface area contributed by atoms with Crippen LogP contribution in [0.1, 0.15) is 25.7 Å². The van der Waals surface area contributed by atoms with Crippen molar-refractivity contribution < 1.29 is 48.3 Å². The Labute approximate surface area is 208 Å². The van der Waals surface area contributed by atoms with E-state index in [9.17, 15) is 43.2 Å². The molecule has 0 aliphatic heterocycles. The minimum Gasteiger partial charge on any atom is -0.480 e. The molecule has 0 rings (SSSR count). The lowest BCUT2D eigenvalue weighted by atomic mass is 10.1. The fourth-order valence-electron chi connectivity index (χ4n) is 2.70. The second-order valence-corrected chi connectivity index (χ2v) is 7.53. The van der Waals surface area contributed by atoms with E-state index in [1.165, 1.54) is 0 Å². The van der Waals surface area contributed by atoms with Gasteiger partial charge in [-0.2, -0.15) is 0 Å². The Morgan fingerprint density at radius 2 is 0.784 bits per heavy atom. The summed E-state index contributed by atoms with van der Waals surface area (Å²) in [6.07, 6.45) is -3.26. The van der Waals surface area contributed by atoms with Crippen LogP contribution in [0.5, 0.6) is 0 Å². The third-order valence-corrected chi connectivity index (χ3v) is 4.34. The van der Waals surface area contributed by atoms with Crippen LogP contribution in [0.3, 0.4) is 0 Å². The maximum atomic E-state index is 12.8. The van der Waals surface area contributed by atoms with E-state index in [-0.39, 0.29) is 0 Å². The van der Waals surface area contributed by atoms with Crippen molar-refractivity contribution in [2.24, 2.45) is 28.7 Å². The van der Waals surface area contributed by atoms with E-state index in [1.807, 2.05) is 16.0 Å². The van der Waals surface area contributed by atoms with Crippen molar-refractivity contribution in [2.45, 2.75) is 49.9 Å². The number of aliphatic carboxylic acids is 1. The summed E-state index contributed by atoms with van der Waals surface area (Å²) in [5.41, 5.74) is 25.3. The highest BCUT2D eigenvalue weighted by atomic mass is 16.4. The number of nitrogens with one attached hydrogen (secondary N) is 4. The standard InChI is InChI=1S/C18H29N9O10/c19-5-14(32)24-6(1-10(20)28)15(33)25-7(2-11(21)29)16(34)26-8(3-12(22)30)17(35)27-9(18(36)37)4-13(23)31/h6-9H,1-5,19H2,(H2,20,28)(H2,21,29)(H2,22,30)(H2,23,31)(H,24,32)(H,25,33)(H,26,34)(H,27,35)(H,36,37)/t6-,7-,8-,9-/m0/s1. The van der Waals surface area contributed by atoms with E-state index >= 15 is 0 Å². The molecule has 15 N–H and O–H groups in total. The van der Waals surface area contributed by atoms with E-state index in [2.05, 4.69) is 5.32 Å². The topological polar surface area (TPSA) is 352 Å². The van der Waals surface area contributed by atoms with Crippen LogP contribution in [0, 0.1) is 0 Å². The summed E-state index contributed by atoms with van der Waals surface area (Å²) in [7, 11) is 0. The number of primary amides is 4. The fraction of sp³-hybridized carbons (Fsp3) is 0.500. The fourth-order valence-corrected chi connectivity index (χ4v) is 2.70. The number of amides is 8. The lowest BCUT2D eigenvalue weighted by Gasteiger charge is -2.24. The minimum atomic E-state index is -1.83. The highest BCUT2D eigenvalue weighted by molar-refractivity contribution is 5.99. The molecule has 0 aromatic carbocycles. The molecular formula is C18H29N9O10. The van der Waals surface area contributed by atoms with Crippen LogP contribution in [0.4, 0.5) is 0 Å². The summed E-state index contributed by atoms with van der Waals surface area (Å²) >= 11 is 0. The van der Waals surface area contributed by atoms with E-state index in [4.69, 9.17) is 33.8 Å². The summed E-state index contributed by atoms with van der Waals surface area (Å²) in [4.78, 5) is 106. The SMILES string of the molecule is NCC(=O)N[C@@H](CC(N)=O)C(=O)N[C@@H](CC(N)=O)C(=O)N[C@@H](CC(N)=O)C(=O)N[C@@H](CC(N)=O)C(=O)O. The van der Waals surface area contributed by atoms with Crippen LogP contribution >= 0.6 is 0 Å². The van der Waals surface area contributed by atoms with Crippen LogP contribution in [-0.4, -0.2) is 89.0 Å². The number of carboxylic acid groups (broad SMARTS) is 1. The molecule has 0 radical (unpaired) electrons. The van der Waals surface area contributed by atoms with Crippen molar-refractivity contribution in [1.29, 1.82) is 0 Å². The maximum absolute atomic E-state index is 12.8. The molecule has 37 heavy (non-hydrogen) atoms. The van der Waals surface area contributed by atoms with Crippen LogP contribution in [0.15, 0.2) is 0 Å². The number of hydrogen-bond donors (Lipinski definition) is 10. The van der Waals surface area contributed by atoms with E-state index in [1.54, 1.807) is 0 Å². The minimum absolute atomic E-state index is 0.565. The lowest BCUT2D eigenvalue weighted by Crippen LogP contribution is -2.59. The number of carboxylic acids is 1. The van der Waals surface area contributed by atoms with Gasteiger partial charge in [-0.25, -0.2) is 4.79 Å². The second kappa shape index (κ2) is 15.2. The summed E-state index contributed by atoms with van der Waals surface area (Å²) in [6.45, 7) is -0.565. The van der Waals surface area contributed by atoms with Gasteiger partial charge in [0, 0.05) is 0 Å². The van der Waals surface area contributed by atoms with E-state index in [0.717, 1.165) is 0 Å². The predicted octanol–water partition coefficient (Wildman–Crippen LogP) is -7.53. The van der Waals surface area contributed by atoms with Gasteiger partial charge in [0.15, 0.2) is 0 Å². The molecule has 0 saturated heterocycles. The number of nitrogens with two attached hydrogens (primary N) is 5. The molecule has 0 aliphatic carbocycles. The predicted molar refractivity (Wildman–Crippen MR) is 120 cm³/mol. The van der Waals surface area contributed by atoms with E-state index in [0.29, 0.717) is 0 Å². The van der Waals surface area contributed by atoms with Crippen molar-refractivity contribution in [1.82, 2.24) is 21.3 Å². The van der Waals surface area contributed by atoms with Gasteiger partial charge in [0.2, 0.25) is 47.3 Å². The zero-order valence-electron chi connectivity index (χ0n) is 19.4. The first kappa shape index (κ1) is 32.2. The molecular weight excluding hydrogens is 502 g/mol. The lowest BCUT2D eigenvalue weighted by molar-refractivity contribution is -0.144. The molecule has 0 unspecified atom stereocenters. The summed E-state index contributed by atoms with van der Waals surface area (Å²) in [6, 6.07) is -7.06. The van der Waals surface area contributed by atoms with Gasteiger partial charge >= 0.3 is 5.97 Å². The van der Waals surface area contributed by atoms with Crippen molar-refractivity contribution in [3.8, 4) is 0 Å². The zero-order chi connectivity index (χ0) is 28.9. The van der Waals surface area contributed by atoms with Gasteiger partial charge in [0.05, 0.1) is 32.2 Å². The largest absolute Gasteiger partial charge is 0.480 e. The van der Waals surface area contributed by atoms with E-state index < -0.39 is 110 Å². The molecule has 0 aliphatic rings. The molecule has 8 amide bonds. The van der Waals surface area contributed by atoms with Gasteiger partial charge in [-0.05, 0) is 0 Å². The number of carbonyl (C=O) groups excluding carboxylic acids is 8. The van der Waals surface area contributed by atoms with Crippen LogP contribution in [0.2, 0.25) is 0 Å². The molecule has 19 heteroatoms. The Kier molecular flexibility index (Phi) is 13.3. The average molecular weight is 531 g/mol. The maximum Gasteiger partial charge on any atom is 0.326 e. The smallest absolute Gasteiger partial charge is 0.326 e. The molecule has 0 saturated carbocycles. The Morgan fingerprint density at radius 3 is 1.05 bits per heavy atom. The first-order valence-electron chi connectivity index (χ1n) is 10.3.